The van der Waals surface area contributed by atoms with Crippen molar-refractivity contribution in [3.63, 3.8) is 0 Å². The summed E-state index contributed by atoms with van der Waals surface area (Å²) in [7, 11) is 0. The van der Waals surface area contributed by atoms with E-state index in [1.54, 1.807) is 6.08 Å². The number of hydrogen-bond donors (Lipinski definition) is 1. The second-order valence-electron chi connectivity index (χ2n) is 2.39. The van der Waals surface area contributed by atoms with E-state index in [0.717, 1.165) is 5.75 Å². The minimum Gasteiger partial charge on any atom is -0.484 e. The van der Waals surface area contributed by atoms with Crippen molar-refractivity contribution >= 4 is 0 Å². The van der Waals surface area contributed by atoms with Crippen LogP contribution in [0.2, 0.25) is 0 Å². The van der Waals surface area contributed by atoms with E-state index in [4.69, 9.17) is 9.84 Å². The molecular weight excluding hydrogens is 152 g/mol. The summed E-state index contributed by atoms with van der Waals surface area (Å²) in [6.07, 6.45) is 1.26. The Hall–Kier alpha value is -1.28. The Morgan fingerprint density at radius 3 is 2.58 bits per heavy atom. The van der Waals surface area contributed by atoms with Gasteiger partial charge in [0.05, 0.1) is 6.61 Å². The van der Waals surface area contributed by atoms with Gasteiger partial charge in [0.15, 0.2) is 0 Å². The van der Waals surface area contributed by atoms with Gasteiger partial charge in [-0.25, -0.2) is 0 Å². The average molecular weight is 164 g/mol. The predicted octanol–water partition coefficient (Wildman–Crippen LogP) is 1.61. The van der Waals surface area contributed by atoms with Gasteiger partial charge < -0.3 is 9.84 Å². The lowest BCUT2D eigenvalue weighted by Gasteiger charge is -2.11. The van der Waals surface area contributed by atoms with Crippen LogP contribution < -0.4 is 4.74 Å². The fraction of sp³-hybridized carbons (Fsp3) is 0.200. The number of hydrogen-bond acceptors (Lipinski definition) is 2. The van der Waals surface area contributed by atoms with Crippen molar-refractivity contribution in [1.82, 2.24) is 0 Å². The van der Waals surface area contributed by atoms with Crippen LogP contribution in [0.25, 0.3) is 0 Å². The first-order valence-electron chi connectivity index (χ1n) is 3.82. The second kappa shape index (κ2) is 4.57. The van der Waals surface area contributed by atoms with Crippen molar-refractivity contribution in [3.05, 3.63) is 43.0 Å². The highest BCUT2D eigenvalue weighted by atomic mass is 16.5. The smallest absolute Gasteiger partial charge is 0.140 e. The minimum absolute atomic E-state index is 0.0433. The van der Waals surface area contributed by atoms with Crippen LogP contribution in [-0.4, -0.2) is 17.8 Å². The van der Waals surface area contributed by atoms with Gasteiger partial charge in [-0.15, -0.1) is 0 Å². The van der Waals surface area contributed by atoms with Crippen LogP contribution >= 0.6 is 0 Å². The summed E-state index contributed by atoms with van der Waals surface area (Å²) in [5, 5.41) is 8.79. The summed E-state index contributed by atoms with van der Waals surface area (Å²) in [5.41, 5.74) is 0. The topological polar surface area (TPSA) is 29.5 Å². The molecule has 0 amide bonds. The summed E-state index contributed by atoms with van der Waals surface area (Å²) in [6, 6.07) is 9.35. The van der Waals surface area contributed by atoms with Crippen LogP contribution in [0.3, 0.4) is 0 Å². The highest BCUT2D eigenvalue weighted by Crippen LogP contribution is 2.10. The van der Waals surface area contributed by atoms with Gasteiger partial charge in [0.1, 0.15) is 11.9 Å². The second-order valence-corrected chi connectivity index (χ2v) is 2.39. The molecule has 0 aromatic heterocycles. The molecule has 12 heavy (non-hydrogen) atoms. The molecule has 0 spiro atoms. The summed E-state index contributed by atoms with van der Waals surface area (Å²) >= 11 is 0. The van der Waals surface area contributed by atoms with Gasteiger partial charge in [0, 0.05) is 0 Å². The van der Waals surface area contributed by atoms with E-state index in [2.05, 4.69) is 6.58 Å². The molecule has 2 nitrogen and oxygen atoms in total. The first kappa shape index (κ1) is 8.81. The van der Waals surface area contributed by atoms with Crippen LogP contribution in [0.1, 0.15) is 0 Å². The molecule has 1 aromatic rings. The molecule has 0 bridgehead atoms. The zero-order chi connectivity index (χ0) is 8.81. The molecule has 1 atom stereocenters. The summed E-state index contributed by atoms with van der Waals surface area (Å²) < 4.78 is 5.34. The molecule has 0 saturated carbocycles. The molecule has 0 aliphatic heterocycles. The number of ether oxygens (including phenoxy) is 1. The minimum atomic E-state index is -0.313. The first-order valence-corrected chi connectivity index (χ1v) is 3.82. The van der Waals surface area contributed by atoms with E-state index >= 15 is 0 Å². The Morgan fingerprint density at radius 2 is 2.08 bits per heavy atom. The standard InChI is InChI=1S/C10H12O2/c1-2-9(8-11)12-10-6-4-3-5-7-10/h2-7,9,11H,1,8H2. The van der Waals surface area contributed by atoms with Crippen LogP contribution in [0.15, 0.2) is 43.0 Å². The maximum atomic E-state index is 8.79. The number of benzene rings is 1. The lowest BCUT2D eigenvalue weighted by molar-refractivity contribution is 0.150. The van der Waals surface area contributed by atoms with Crippen LogP contribution in [0, 0.1) is 0 Å². The fourth-order valence-corrected chi connectivity index (χ4v) is 0.834. The molecule has 2 heteroatoms. The van der Waals surface area contributed by atoms with E-state index < -0.39 is 0 Å². The summed E-state index contributed by atoms with van der Waals surface area (Å²) in [5.74, 6) is 0.747. The maximum absolute atomic E-state index is 8.79. The lowest BCUT2D eigenvalue weighted by Crippen LogP contribution is -2.17. The first-order chi connectivity index (χ1) is 5.86. The lowest BCUT2D eigenvalue weighted by atomic mass is 10.3. The third-order valence-corrected chi connectivity index (χ3v) is 1.47. The molecule has 64 valence electrons. The molecule has 0 radical (unpaired) electrons. The fourth-order valence-electron chi connectivity index (χ4n) is 0.834. The van der Waals surface area contributed by atoms with Crippen molar-refractivity contribution in [2.45, 2.75) is 6.10 Å². The van der Waals surface area contributed by atoms with Gasteiger partial charge in [0.25, 0.3) is 0 Å². The molecule has 0 heterocycles. The van der Waals surface area contributed by atoms with E-state index in [0.29, 0.717) is 0 Å². The highest BCUT2D eigenvalue weighted by Gasteiger charge is 2.01. The molecule has 1 unspecified atom stereocenters. The van der Waals surface area contributed by atoms with Crippen LogP contribution in [-0.2, 0) is 0 Å². The Balaban J connectivity index is 2.56. The normalized spacial score (nSPS) is 12.1. The van der Waals surface area contributed by atoms with Gasteiger partial charge in [0.2, 0.25) is 0 Å². The third kappa shape index (κ3) is 2.40. The quantitative estimate of drug-likeness (QED) is 0.685. The molecule has 1 aromatic carbocycles. The van der Waals surface area contributed by atoms with Crippen molar-refractivity contribution in [2.75, 3.05) is 6.61 Å². The van der Waals surface area contributed by atoms with Crippen molar-refractivity contribution in [2.24, 2.45) is 0 Å². The zero-order valence-electron chi connectivity index (χ0n) is 6.81. The molecule has 0 saturated heterocycles. The molecule has 1 rings (SSSR count). The monoisotopic (exact) mass is 164 g/mol. The third-order valence-electron chi connectivity index (χ3n) is 1.47. The van der Waals surface area contributed by atoms with Gasteiger partial charge in [-0.3, -0.25) is 0 Å². The van der Waals surface area contributed by atoms with Crippen molar-refractivity contribution in [3.8, 4) is 5.75 Å². The Bertz CT molecular complexity index is 231. The van der Waals surface area contributed by atoms with E-state index in [1.807, 2.05) is 30.3 Å². The van der Waals surface area contributed by atoms with Gasteiger partial charge >= 0.3 is 0 Å². The van der Waals surface area contributed by atoms with E-state index in [9.17, 15) is 0 Å². The number of aliphatic hydroxyl groups excluding tert-OH is 1. The molecular formula is C10H12O2. The molecule has 0 fully saturated rings. The molecule has 0 aliphatic carbocycles. The van der Waals surface area contributed by atoms with Crippen molar-refractivity contribution < 1.29 is 9.84 Å². The van der Waals surface area contributed by atoms with Gasteiger partial charge in [-0.05, 0) is 18.2 Å². The van der Waals surface area contributed by atoms with E-state index in [-0.39, 0.29) is 12.7 Å². The average Bonchev–Trinajstić information content (AvgIpc) is 2.16. The Morgan fingerprint density at radius 1 is 1.42 bits per heavy atom. The summed E-state index contributed by atoms with van der Waals surface area (Å²) in [6.45, 7) is 3.50. The number of rotatable bonds is 4. The zero-order valence-corrected chi connectivity index (χ0v) is 6.81. The number of para-hydroxylation sites is 1. The van der Waals surface area contributed by atoms with Gasteiger partial charge in [-0.1, -0.05) is 24.8 Å². The molecule has 1 N–H and O–H groups in total. The summed E-state index contributed by atoms with van der Waals surface area (Å²) in [4.78, 5) is 0. The van der Waals surface area contributed by atoms with E-state index in [1.165, 1.54) is 0 Å². The Kier molecular flexibility index (Phi) is 3.35. The SMILES string of the molecule is C=CC(CO)Oc1ccccc1. The maximum Gasteiger partial charge on any atom is 0.140 e. The van der Waals surface area contributed by atoms with Crippen molar-refractivity contribution in [1.29, 1.82) is 0 Å². The van der Waals surface area contributed by atoms with Gasteiger partial charge in [-0.2, -0.15) is 0 Å². The highest BCUT2D eigenvalue weighted by molar-refractivity contribution is 5.21. The number of aliphatic hydroxyl groups is 1. The predicted molar refractivity (Wildman–Crippen MR) is 48.1 cm³/mol. The van der Waals surface area contributed by atoms with Crippen LogP contribution in [0.5, 0.6) is 5.75 Å². The molecule has 0 aliphatic rings. The van der Waals surface area contributed by atoms with Crippen LogP contribution in [0.4, 0.5) is 0 Å². The largest absolute Gasteiger partial charge is 0.484 e. The Labute approximate surface area is 72.1 Å².